The molecular formula is C26H30N4O5. The number of hydrogen-bond donors (Lipinski definition) is 1. The third-order valence-electron chi connectivity index (χ3n) is 6.53. The topological polar surface area (TPSA) is 94.8 Å². The zero-order chi connectivity index (χ0) is 25.1. The van der Waals surface area contributed by atoms with Crippen molar-refractivity contribution in [2.75, 3.05) is 37.5 Å². The first-order valence-corrected chi connectivity index (χ1v) is 11.5. The molecule has 0 saturated carbocycles. The average molecular weight is 479 g/mol. The summed E-state index contributed by atoms with van der Waals surface area (Å²) in [6.07, 6.45) is 1.16. The van der Waals surface area contributed by atoms with Gasteiger partial charge in [0.2, 0.25) is 5.91 Å². The van der Waals surface area contributed by atoms with E-state index >= 15 is 0 Å². The van der Waals surface area contributed by atoms with Crippen molar-refractivity contribution in [3.05, 3.63) is 75.1 Å². The van der Waals surface area contributed by atoms with Gasteiger partial charge in [0, 0.05) is 32.1 Å². The first kappa shape index (κ1) is 24.1. The lowest BCUT2D eigenvalue weighted by Gasteiger charge is -2.34. The summed E-state index contributed by atoms with van der Waals surface area (Å²) < 4.78 is 13.3. The van der Waals surface area contributed by atoms with Gasteiger partial charge in [-0.1, -0.05) is 18.2 Å². The molecule has 184 valence electrons. The Morgan fingerprint density at radius 1 is 1.00 bits per heavy atom. The van der Waals surface area contributed by atoms with Gasteiger partial charge in [0.05, 0.1) is 31.3 Å². The van der Waals surface area contributed by atoms with Crippen LogP contribution in [-0.2, 0) is 11.8 Å². The van der Waals surface area contributed by atoms with E-state index in [0.29, 0.717) is 60.2 Å². The predicted molar refractivity (Wildman–Crippen MR) is 135 cm³/mol. The smallest absolute Gasteiger partial charge is 0.335 e. The number of methoxy groups -OCH3 is 2. The molecular weight excluding hydrogens is 448 g/mol. The van der Waals surface area contributed by atoms with Crippen molar-refractivity contribution in [2.24, 2.45) is 13.0 Å². The summed E-state index contributed by atoms with van der Waals surface area (Å²) in [6.45, 7) is 2.85. The fourth-order valence-corrected chi connectivity index (χ4v) is 4.55. The van der Waals surface area contributed by atoms with E-state index in [2.05, 4.69) is 5.32 Å². The van der Waals surface area contributed by atoms with E-state index < -0.39 is 0 Å². The Balaban J connectivity index is 1.53. The van der Waals surface area contributed by atoms with E-state index in [-0.39, 0.29) is 23.1 Å². The number of nitrogens with one attached hydrogen (secondary N) is 1. The van der Waals surface area contributed by atoms with E-state index in [1.165, 1.54) is 7.05 Å². The van der Waals surface area contributed by atoms with Crippen molar-refractivity contribution in [1.29, 1.82) is 0 Å². The van der Waals surface area contributed by atoms with Gasteiger partial charge in [0.25, 0.3) is 5.56 Å². The third-order valence-corrected chi connectivity index (χ3v) is 6.53. The summed E-state index contributed by atoms with van der Waals surface area (Å²) in [5.41, 5.74) is 1.66. The number of anilines is 2. The fraction of sp³-hybridized carbons (Fsp3) is 0.346. The van der Waals surface area contributed by atoms with E-state index in [1.807, 2.05) is 35.2 Å². The minimum Gasteiger partial charge on any atom is -0.497 e. The Morgan fingerprint density at radius 2 is 1.69 bits per heavy atom. The van der Waals surface area contributed by atoms with Crippen LogP contribution in [0.5, 0.6) is 11.5 Å². The van der Waals surface area contributed by atoms with Crippen molar-refractivity contribution in [1.82, 2.24) is 9.13 Å². The number of nitrogens with zero attached hydrogens (tertiary/aromatic N) is 3. The fourth-order valence-electron chi connectivity index (χ4n) is 4.55. The molecule has 0 spiro atoms. The molecule has 1 fully saturated rings. The van der Waals surface area contributed by atoms with Gasteiger partial charge in [-0.3, -0.25) is 18.7 Å². The van der Waals surface area contributed by atoms with Gasteiger partial charge < -0.3 is 19.7 Å². The lowest BCUT2D eigenvalue weighted by atomic mass is 9.95. The van der Waals surface area contributed by atoms with Crippen molar-refractivity contribution in [3.63, 3.8) is 0 Å². The minimum absolute atomic E-state index is 0.0907. The molecule has 0 aliphatic carbocycles. The molecule has 1 aliphatic heterocycles. The summed E-state index contributed by atoms with van der Waals surface area (Å²) in [6, 6.07) is 14.5. The van der Waals surface area contributed by atoms with Gasteiger partial charge in [0.15, 0.2) is 0 Å². The second-order valence-corrected chi connectivity index (χ2v) is 8.57. The molecule has 0 unspecified atom stereocenters. The van der Waals surface area contributed by atoms with Crippen LogP contribution in [0.3, 0.4) is 0 Å². The summed E-state index contributed by atoms with van der Waals surface area (Å²) >= 11 is 0. The number of ether oxygens (including phenoxy) is 2. The van der Waals surface area contributed by atoms with Crippen LogP contribution < -0.4 is 30.9 Å². The number of amides is 1. The number of carbonyl (C=O) groups is 1. The molecule has 1 aromatic heterocycles. The standard InChI is InChI=1S/C26H30N4O5/c1-17-23(25(32)28(2)26(33)30(17)19-8-6-5-7-9-19)29-14-12-18(13-15-29)24(31)27-21-11-10-20(34-3)16-22(21)35-4/h5-11,16,18H,12-15H2,1-4H3,(H,27,31). The molecule has 0 bridgehead atoms. The van der Waals surface area contributed by atoms with Crippen LogP contribution in [0.15, 0.2) is 58.1 Å². The predicted octanol–water partition coefficient (Wildman–Crippen LogP) is 2.72. The van der Waals surface area contributed by atoms with Crippen molar-refractivity contribution in [3.8, 4) is 17.2 Å². The molecule has 1 aliphatic rings. The maximum absolute atomic E-state index is 13.1. The lowest BCUT2D eigenvalue weighted by Crippen LogP contribution is -2.46. The normalized spacial score (nSPS) is 14.0. The second kappa shape index (κ2) is 10.1. The van der Waals surface area contributed by atoms with E-state index in [4.69, 9.17) is 9.47 Å². The Bertz CT molecular complexity index is 1340. The van der Waals surface area contributed by atoms with Gasteiger partial charge in [-0.15, -0.1) is 0 Å². The number of aromatic nitrogens is 2. The number of benzene rings is 2. The van der Waals surface area contributed by atoms with E-state index in [1.54, 1.807) is 43.9 Å². The molecule has 3 aromatic rings. The van der Waals surface area contributed by atoms with Crippen molar-refractivity contribution >= 4 is 17.3 Å². The number of para-hydroxylation sites is 1. The summed E-state index contributed by atoms with van der Waals surface area (Å²) in [5, 5.41) is 2.96. The molecule has 1 N–H and O–H groups in total. The van der Waals surface area contributed by atoms with Gasteiger partial charge in [-0.2, -0.15) is 0 Å². The highest BCUT2D eigenvalue weighted by molar-refractivity contribution is 5.94. The van der Waals surface area contributed by atoms with Crippen molar-refractivity contribution < 1.29 is 14.3 Å². The third kappa shape index (κ3) is 4.66. The first-order chi connectivity index (χ1) is 16.8. The lowest BCUT2D eigenvalue weighted by molar-refractivity contribution is -0.120. The first-order valence-electron chi connectivity index (χ1n) is 11.5. The monoisotopic (exact) mass is 478 g/mol. The van der Waals surface area contributed by atoms with Crippen LogP contribution >= 0.6 is 0 Å². The molecule has 35 heavy (non-hydrogen) atoms. The SMILES string of the molecule is COc1ccc(NC(=O)C2CCN(c3c(C)n(-c4ccccc4)c(=O)n(C)c3=O)CC2)c(OC)c1. The Labute approximate surface area is 203 Å². The second-order valence-electron chi connectivity index (χ2n) is 8.57. The molecule has 1 saturated heterocycles. The number of piperidine rings is 1. The summed E-state index contributed by atoms with van der Waals surface area (Å²) in [4.78, 5) is 40.9. The van der Waals surface area contributed by atoms with Gasteiger partial charge in [0.1, 0.15) is 17.2 Å². The van der Waals surface area contributed by atoms with Gasteiger partial charge in [-0.05, 0) is 44.0 Å². The van der Waals surface area contributed by atoms with Crippen LogP contribution in [0.4, 0.5) is 11.4 Å². The maximum atomic E-state index is 13.1. The largest absolute Gasteiger partial charge is 0.497 e. The Hall–Kier alpha value is -4.01. The minimum atomic E-state index is -0.384. The van der Waals surface area contributed by atoms with Gasteiger partial charge >= 0.3 is 5.69 Å². The molecule has 2 aromatic carbocycles. The number of carbonyl (C=O) groups excluding carboxylic acids is 1. The molecule has 0 radical (unpaired) electrons. The number of hydrogen-bond acceptors (Lipinski definition) is 6. The molecule has 9 heteroatoms. The summed E-state index contributed by atoms with van der Waals surface area (Å²) in [5.74, 6) is 0.869. The van der Waals surface area contributed by atoms with Crippen LogP contribution in [-0.4, -0.2) is 42.4 Å². The molecule has 2 heterocycles. The highest BCUT2D eigenvalue weighted by Crippen LogP contribution is 2.31. The van der Waals surface area contributed by atoms with Crippen LogP contribution in [0.2, 0.25) is 0 Å². The molecule has 4 rings (SSSR count). The van der Waals surface area contributed by atoms with Crippen molar-refractivity contribution in [2.45, 2.75) is 19.8 Å². The zero-order valence-corrected chi connectivity index (χ0v) is 20.4. The van der Waals surface area contributed by atoms with Gasteiger partial charge in [-0.25, -0.2) is 4.79 Å². The van der Waals surface area contributed by atoms with E-state index in [0.717, 1.165) is 4.57 Å². The summed E-state index contributed by atoms with van der Waals surface area (Å²) in [7, 11) is 4.61. The van der Waals surface area contributed by atoms with Crippen LogP contribution in [0.25, 0.3) is 5.69 Å². The highest BCUT2D eigenvalue weighted by Gasteiger charge is 2.29. The Morgan fingerprint density at radius 3 is 2.31 bits per heavy atom. The Kier molecular flexibility index (Phi) is 6.95. The quantitative estimate of drug-likeness (QED) is 0.586. The molecule has 9 nitrogen and oxygen atoms in total. The zero-order valence-electron chi connectivity index (χ0n) is 20.4. The van der Waals surface area contributed by atoms with Crippen LogP contribution in [0.1, 0.15) is 18.5 Å². The van der Waals surface area contributed by atoms with Crippen LogP contribution in [0, 0.1) is 12.8 Å². The molecule has 0 atom stereocenters. The number of rotatable bonds is 6. The van der Waals surface area contributed by atoms with E-state index in [9.17, 15) is 14.4 Å². The highest BCUT2D eigenvalue weighted by atomic mass is 16.5. The maximum Gasteiger partial charge on any atom is 0.335 e. The average Bonchev–Trinajstić information content (AvgIpc) is 2.88. The molecule has 1 amide bonds.